The van der Waals surface area contributed by atoms with Crippen molar-refractivity contribution in [3.05, 3.63) is 99.6 Å². The van der Waals surface area contributed by atoms with Crippen molar-refractivity contribution in [2.45, 2.75) is 25.9 Å². The molecule has 0 spiro atoms. The van der Waals surface area contributed by atoms with Crippen LogP contribution in [0.15, 0.2) is 66.9 Å². The maximum atomic E-state index is 12.0. The largest absolute Gasteiger partial charge is 0.496 e. The van der Waals surface area contributed by atoms with Crippen LogP contribution in [0.3, 0.4) is 0 Å². The molecule has 0 radical (unpaired) electrons. The molecule has 0 aliphatic carbocycles. The Bertz CT molecular complexity index is 1610. The van der Waals surface area contributed by atoms with E-state index >= 15 is 0 Å². The molecule has 4 heterocycles. The van der Waals surface area contributed by atoms with E-state index in [9.17, 15) is 10.1 Å². The van der Waals surface area contributed by atoms with E-state index in [0.29, 0.717) is 28.0 Å². The maximum absolute atomic E-state index is 12.0. The summed E-state index contributed by atoms with van der Waals surface area (Å²) in [6, 6.07) is 17.9. The van der Waals surface area contributed by atoms with E-state index in [1.165, 1.54) is 13.2 Å². The van der Waals surface area contributed by atoms with E-state index in [4.69, 9.17) is 26.4 Å². The zero-order chi connectivity index (χ0) is 27.3. The van der Waals surface area contributed by atoms with Gasteiger partial charge in [0.2, 0.25) is 6.79 Å². The second kappa shape index (κ2) is 9.59. The summed E-state index contributed by atoms with van der Waals surface area (Å²) in [5.41, 5.74) is 4.73. The Morgan fingerprint density at radius 3 is 2.67 bits per heavy atom. The van der Waals surface area contributed by atoms with E-state index in [-0.39, 0.29) is 24.6 Å². The average molecular weight is 544 g/mol. The van der Waals surface area contributed by atoms with Gasteiger partial charge in [0, 0.05) is 29.3 Å². The van der Waals surface area contributed by atoms with Crippen LogP contribution in [0.2, 0.25) is 0 Å². The number of ether oxygens (including phenoxy) is 3. The van der Waals surface area contributed by atoms with Gasteiger partial charge < -0.3 is 29.0 Å². The molecule has 2 aromatic heterocycles. The predicted molar refractivity (Wildman–Crippen MR) is 149 cm³/mol. The number of rotatable bonds is 6. The van der Waals surface area contributed by atoms with Crippen LogP contribution in [0.5, 0.6) is 17.2 Å². The third-order valence-electron chi connectivity index (χ3n) is 7.14. The molecule has 0 saturated carbocycles. The highest BCUT2D eigenvalue weighted by atomic mass is 32.1. The summed E-state index contributed by atoms with van der Waals surface area (Å²) in [5, 5.41) is 16.0. The number of nitrogens with zero attached hydrogens (tertiary/aromatic N) is 4. The van der Waals surface area contributed by atoms with Gasteiger partial charge in [-0.3, -0.25) is 15.1 Å². The van der Waals surface area contributed by atoms with Crippen LogP contribution in [0.4, 0.5) is 11.4 Å². The summed E-state index contributed by atoms with van der Waals surface area (Å²) >= 11 is 5.87. The van der Waals surface area contributed by atoms with Crippen molar-refractivity contribution < 1.29 is 19.1 Å². The average Bonchev–Trinajstić information content (AvgIpc) is 3.63. The number of pyridine rings is 1. The maximum Gasteiger partial charge on any atom is 0.296 e. The minimum absolute atomic E-state index is 0.0447. The monoisotopic (exact) mass is 543 g/mol. The summed E-state index contributed by atoms with van der Waals surface area (Å²) in [7, 11) is 1.49. The summed E-state index contributed by atoms with van der Waals surface area (Å²) in [6.45, 7) is 4.07. The Kier molecular flexibility index (Phi) is 6.07. The highest BCUT2D eigenvalue weighted by molar-refractivity contribution is 7.80. The number of methoxy groups -OCH3 is 1. The number of benzene rings is 2. The van der Waals surface area contributed by atoms with Gasteiger partial charge in [-0.25, -0.2) is 0 Å². The highest BCUT2D eigenvalue weighted by Gasteiger charge is 2.43. The van der Waals surface area contributed by atoms with Gasteiger partial charge in [-0.1, -0.05) is 6.07 Å². The second-order valence-corrected chi connectivity index (χ2v) is 9.69. The van der Waals surface area contributed by atoms with Crippen LogP contribution in [-0.4, -0.2) is 33.5 Å². The van der Waals surface area contributed by atoms with Gasteiger partial charge in [0.1, 0.15) is 11.4 Å². The molecule has 1 N–H and O–H groups in total. The first-order valence-corrected chi connectivity index (χ1v) is 12.7. The van der Waals surface area contributed by atoms with Crippen LogP contribution in [0.25, 0.3) is 5.69 Å². The molecule has 1 saturated heterocycles. The lowest BCUT2D eigenvalue weighted by molar-refractivity contribution is -0.384. The summed E-state index contributed by atoms with van der Waals surface area (Å²) in [4.78, 5) is 18.3. The Labute approximate surface area is 229 Å². The molecule has 6 rings (SSSR count). The number of fused-ring (bicyclic) bond motifs is 1. The third kappa shape index (κ3) is 4.11. The second-order valence-electron chi connectivity index (χ2n) is 9.31. The van der Waals surface area contributed by atoms with Gasteiger partial charge >= 0.3 is 0 Å². The van der Waals surface area contributed by atoms with Crippen molar-refractivity contribution in [1.29, 1.82) is 0 Å². The first-order chi connectivity index (χ1) is 18.9. The Balaban J connectivity index is 1.52. The Morgan fingerprint density at radius 2 is 1.92 bits per heavy atom. The van der Waals surface area contributed by atoms with Crippen molar-refractivity contribution in [2.75, 3.05) is 18.8 Å². The molecule has 0 unspecified atom stereocenters. The lowest BCUT2D eigenvalue weighted by Gasteiger charge is -2.28. The number of thiocarbonyl (C=S) groups is 1. The van der Waals surface area contributed by atoms with Crippen LogP contribution in [-0.2, 0) is 0 Å². The molecule has 0 amide bonds. The first kappa shape index (κ1) is 24.7. The number of nitro groups is 1. The van der Waals surface area contributed by atoms with Crippen molar-refractivity contribution in [3.8, 4) is 22.9 Å². The number of hydrogen-bond donors (Lipinski definition) is 1. The fourth-order valence-corrected chi connectivity index (χ4v) is 5.75. The lowest BCUT2D eigenvalue weighted by Crippen LogP contribution is -2.29. The fourth-order valence-electron chi connectivity index (χ4n) is 5.41. The minimum atomic E-state index is -0.391. The molecule has 2 aliphatic rings. The van der Waals surface area contributed by atoms with Gasteiger partial charge in [-0.15, -0.1) is 0 Å². The molecule has 2 atom stereocenters. The molecular weight excluding hydrogens is 518 g/mol. The van der Waals surface area contributed by atoms with Crippen LogP contribution in [0.1, 0.15) is 34.7 Å². The third-order valence-corrected chi connectivity index (χ3v) is 7.46. The molecule has 0 bridgehead atoms. The van der Waals surface area contributed by atoms with Crippen molar-refractivity contribution >= 4 is 28.7 Å². The van der Waals surface area contributed by atoms with Crippen LogP contribution >= 0.6 is 12.2 Å². The van der Waals surface area contributed by atoms with Gasteiger partial charge in [0.15, 0.2) is 16.6 Å². The number of hydrogen-bond acceptors (Lipinski definition) is 7. The number of anilines is 1. The molecule has 11 heteroatoms. The normalized spacial score (nSPS) is 17.8. The molecule has 10 nitrogen and oxygen atoms in total. The summed E-state index contributed by atoms with van der Waals surface area (Å²) < 4.78 is 18.3. The van der Waals surface area contributed by atoms with E-state index < -0.39 is 4.92 Å². The SMILES string of the molecule is COc1ccc(-n2c(C)cc([C@H]3[C@@H](c4ccccn4)NC(=S)N3c3ccc4c(c3)OCO4)c2C)c([N+](=O)[O-])c1. The number of aromatic nitrogens is 2. The van der Waals surface area contributed by atoms with Crippen molar-refractivity contribution in [2.24, 2.45) is 0 Å². The number of nitro benzene ring substituents is 1. The first-order valence-electron chi connectivity index (χ1n) is 12.3. The summed E-state index contributed by atoms with van der Waals surface area (Å²) in [6.07, 6.45) is 1.75. The lowest BCUT2D eigenvalue weighted by atomic mass is 9.96. The van der Waals surface area contributed by atoms with Gasteiger partial charge in [-0.2, -0.15) is 0 Å². The zero-order valence-electron chi connectivity index (χ0n) is 21.5. The Morgan fingerprint density at radius 1 is 1.10 bits per heavy atom. The molecule has 198 valence electrons. The van der Waals surface area contributed by atoms with Crippen LogP contribution < -0.4 is 24.4 Å². The van der Waals surface area contributed by atoms with E-state index in [1.807, 2.05) is 59.7 Å². The molecule has 1 fully saturated rings. The van der Waals surface area contributed by atoms with Crippen molar-refractivity contribution in [3.63, 3.8) is 0 Å². The van der Waals surface area contributed by atoms with E-state index in [2.05, 4.69) is 16.4 Å². The fraction of sp³-hybridized carbons (Fsp3) is 0.214. The van der Waals surface area contributed by atoms with Gasteiger partial charge in [0.25, 0.3) is 5.69 Å². The van der Waals surface area contributed by atoms with Crippen molar-refractivity contribution in [1.82, 2.24) is 14.9 Å². The quantitative estimate of drug-likeness (QED) is 0.197. The molecule has 2 aromatic carbocycles. The number of nitrogens with one attached hydrogen (secondary N) is 1. The van der Waals surface area contributed by atoms with Crippen LogP contribution in [0, 0.1) is 24.0 Å². The molecule has 4 aromatic rings. The smallest absolute Gasteiger partial charge is 0.296 e. The van der Waals surface area contributed by atoms with Gasteiger partial charge in [0.05, 0.1) is 35.9 Å². The molecule has 2 aliphatic heterocycles. The van der Waals surface area contributed by atoms with E-state index in [1.54, 1.807) is 18.3 Å². The standard InChI is InChI=1S/C28H25N5O5S/c1-16-12-20(17(2)31(16)22-9-8-19(36-3)14-23(22)33(34)35)27-26(21-6-4-5-11-29-21)30-28(39)32(27)18-7-10-24-25(13-18)38-15-37-24/h4-14,26-27H,15H2,1-3H3,(H,30,39)/t26-,27+/m1/s1. The van der Waals surface area contributed by atoms with Gasteiger partial charge in [-0.05, 0) is 74.1 Å². The predicted octanol–water partition coefficient (Wildman–Crippen LogP) is 5.31. The number of aryl methyl sites for hydroxylation is 1. The zero-order valence-corrected chi connectivity index (χ0v) is 22.3. The molecule has 39 heavy (non-hydrogen) atoms. The molecular formula is C28H25N5O5S. The summed E-state index contributed by atoms with van der Waals surface area (Å²) in [5.74, 6) is 1.75. The van der Waals surface area contributed by atoms with E-state index in [0.717, 1.165) is 28.3 Å². The topological polar surface area (TPSA) is 104 Å². The Hall–Kier alpha value is -4.64. The highest BCUT2D eigenvalue weighted by Crippen LogP contribution is 2.46. The minimum Gasteiger partial charge on any atom is -0.496 e.